The molecule has 0 fully saturated rings. The Morgan fingerprint density at radius 2 is 2.08 bits per heavy atom. The van der Waals surface area contributed by atoms with Gasteiger partial charge in [-0.05, 0) is 24.1 Å². The number of halogens is 1. The summed E-state index contributed by atoms with van der Waals surface area (Å²) in [7, 11) is 0. The van der Waals surface area contributed by atoms with Crippen molar-refractivity contribution < 1.29 is 0 Å². The van der Waals surface area contributed by atoms with E-state index in [2.05, 4.69) is 12.6 Å². The van der Waals surface area contributed by atoms with Crippen LogP contribution < -0.4 is 0 Å². The zero-order valence-corrected chi connectivity index (χ0v) is 7.96. The third kappa shape index (κ3) is 2.61. The van der Waals surface area contributed by atoms with Crippen LogP contribution in [0.5, 0.6) is 0 Å². The molecule has 0 radical (unpaired) electrons. The summed E-state index contributed by atoms with van der Waals surface area (Å²) in [5, 5.41) is 9.54. The van der Waals surface area contributed by atoms with E-state index >= 15 is 0 Å². The van der Waals surface area contributed by atoms with E-state index in [1.54, 1.807) is 18.2 Å². The predicted molar refractivity (Wildman–Crippen MR) is 54.6 cm³/mol. The topological polar surface area (TPSA) is 23.8 Å². The first-order chi connectivity index (χ1) is 6.27. The van der Waals surface area contributed by atoms with Gasteiger partial charge in [-0.3, -0.25) is 0 Å². The van der Waals surface area contributed by atoms with Crippen molar-refractivity contribution in [2.75, 3.05) is 0 Å². The molecule has 0 aliphatic rings. The number of hydrogen-bond donors (Lipinski definition) is 0. The molecular weight excluding hydrogens is 182 g/mol. The summed E-state index contributed by atoms with van der Waals surface area (Å²) in [5.74, 6) is -0.102. The van der Waals surface area contributed by atoms with E-state index in [4.69, 9.17) is 16.9 Å². The second-order valence-electron chi connectivity index (χ2n) is 2.76. The Labute approximate surface area is 83.3 Å². The van der Waals surface area contributed by atoms with Crippen molar-refractivity contribution in [2.24, 2.45) is 0 Å². The maximum Gasteiger partial charge on any atom is 0.0747 e. The lowest BCUT2D eigenvalue weighted by molar-refractivity contribution is 0.879. The lowest BCUT2D eigenvalue weighted by Gasteiger charge is -2.05. The Kier molecular flexibility index (Phi) is 3.54. The van der Waals surface area contributed by atoms with E-state index in [9.17, 15) is 0 Å². The standard InChI is InChI=1S/C11H10ClN/c1-2-3-10(8-13)9-4-6-11(12)7-5-9/h2,4-7,10H,1,3H2/t10-/m1/s1. The summed E-state index contributed by atoms with van der Waals surface area (Å²) >= 11 is 5.73. The van der Waals surface area contributed by atoms with Gasteiger partial charge in [0, 0.05) is 5.02 Å². The molecule has 13 heavy (non-hydrogen) atoms. The molecule has 0 saturated carbocycles. The van der Waals surface area contributed by atoms with Crippen molar-refractivity contribution in [3.63, 3.8) is 0 Å². The monoisotopic (exact) mass is 191 g/mol. The second-order valence-corrected chi connectivity index (χ2v) is 3.19. The number of hydrogen-bond acceptors (Lipinski definition) is 1. The Hall–Kier alpha value is -1.26. The third-order valence-corrected chi connectivity index (χ3v) is 2.08. The Morgan fingerprint density at radius 1 is 1.46 bits per heavy atom. The second kappa shape index (κ2) is 4.69. The lowest BCUT2D eigenvalue weighted by atomic mass is 9.98. The van der Waals surface area contributed by atoms with Gasteiger partial charge in [-0.1, -0.05) is 29.8 Å². The maximum atomic E-state index is 8.85. The molecule has 0 aliphatic carbocycles. The molecule has 1 rings (SSSR count). The van der Waals surface area contributed by atoms with Crippen LogP contribution in [0.4, 0.5) is 0 Å². The van der Waals surface area contributed by atoms with Crippen LogP contribution >= 0.6 is 11.6 Å². The molecule has 1 aromatic carbocycles. The van der Waals surface area contributed by atoms with Crippen LogP contribution in [-0.2, 0) is 0 Å². The molecular formula is C11H10ClN. The first kappa shape index (κ1) is 9.83. The number of allylic oxidation sites excluding steroid dienone is 1. The van der Waals surface area contributed by atoms with E-state index in [1.807, 2.05) is 12.1 Å². The van der Waals surface area contributed by atoms with Crippen molar-refractivity contribution in [1.29, 1.82) is 5.26 Å². The fraction of sp³-hybridized carbons (Fsp3) is 0.182. The van der Waals surface area contributed by atoms with Gasteiger partial charge in [0.2, 0.25) is 0 Å². The fourth-order valence-electron chi connectivity index (χ4n) is 1.13. The molecule has 0 aliphatic heterocycles. The molecule has 0 spiro atoms. The summed E-state index contributed by atoms with van der Waals surface area (Å²) in [6.07, 6.45) is 2.43. The zero-order chi connectivity index (χ0) is 9.68. The van der Waals surface area contributed by atoms with Crippen molar-refractivity contribution in [1.82, 2.24) is 0 Å². The van der Waals surface area contributed by atoms with Crippen molar-refractivity contribution >= 4 is 11.6 Å². The molecule has 0 N–H and O–H groups in total. The Bertz CT molecular complexity index is 321. The fourth-order valence-corrected chi connectivity index (χ4v) is 1.25. The number of nitrogens with zero attached hydrogens (tertiary/aromatic N) is 1. The predicted octanol–water partition coefficient (Wildman–Crippen LogP) is 3.52. The highest BCUT2D eigenvalue weighted by Crippen LogP contribution is 2.20. The molecule has 66 valence electrons. The van der Waals surface area contributed by atoms with Gasteiger partial charge in [-0.2, -0.15) is 5.26 Å². The number of rotatable bonds is 3. The van der Waals surface area contributed by atoms with Crippen LogP contribution in [0.3, 0.4) is 0 Å². The largest absolute Gasteiger partial charge is 0.198 e. The van der Waals surface area contributed by atoms with Crippen LogP contribution in [0.1, 0.15) is 17.9 Å². The summed E-state index contributed by atoms with van der Waals surface area (Å²) in [5.41, 5.74) is 0.992. The summed E-state index contributed by atoms with van der Waals surface area (Å²) in [4.78, 5) is 0. The maximum absolute atomic E-state index is 8.85. The van der Waals surface area contributed by atoms with E-state index in [0.717, 1.165) is 5.56 Å². The average molecular weight is 192 g/mol. The van der Waals surface area contributed by atoms with Gasteiger partial charge in [0.1, 0.15) is 0 Å². The van der Waals surface area contributed by atoms with E-state index in [1.165, 1.54) is 0 Å². The van der Waals surface area contributed by atoms with Gasteiger partial charge < -0.3 is 0 Å². The van der Waals surface area contributed by atoms with Gasteiger partial charge in [-0.25, -0.2) is 0 Å². The lowest BCUT2D eigenvalue weighted by Crippen LogP contribution is -1.92. The highest BCUT2D eigenvalue weighted by Gasteiger charge is 2.07. The molecule has 0 bridgehead atoms. The summed E-state index contributed by atoms with van der Waals surface area (Å²) < 4.78 is 0. The van der Waals surface area contributed by atoms with Gasteiger partial charge in [0.25, 0.3) is 0 Å². The minimum absolute atomic E-state index is 0.102. The molecule has 2 heteroatoms. The van der Waals surface area contributed by atoms with E-state index in [-0.39, 0.29) is 5.92 Å². The van der Waals surface area contributed by atoms with Gasteiger partial charge in [0.15, 0.2) is 0 Å². The SMILES string of the molecule is C=CC[C@H](C#N)c1ccc(Cl)cc1. The van der Waals surface area contributed by atoms with Crippen LogP contribution in [-0.4, -0.2) is 0 Å². The first-order valence-corrected chi connectivity index (χ1v) is 4.41. The number of benzene rings is 1. The summed E-state index contributed by atoms with van der Waals surface area (Å²) in [6.45, 7) is 3.61. The quantitative estimate of drug-likeness (QED) is 0.671. The van der Waals surface area contributed by atoms with Crippen LogP contribution in [0.2, 0.25) is 5.02 Å². The van der Waals surface area contributed by atoms with Gasteiger partial charge in [0.05, 0.1) is 12.0 Å². The molecule has 0 amide bonds. The molecule has 0 heterocycles. The molecule has 0 unspecified atom stereocenters. The Morgan fingerprint density at radius 3 is 2.54 bits per heavy atom. The van der Waals surface area contributed by atoms with E-state index < -0.39 is 0 Å². The summed E-state index contributed by atoms with van der Waals surface area (Å²) in [6, 6.07) is 9.57. The highest BCUT2D eigenvalue weighted by molar-refractivity contribution is 6.30. The molecule has 0 saturated heterocycles. The van der Waals surface area contributed by atoms with E-state index in [0.29, 0.717) is 11.4 Å². The third-order valence-electron chi connectivity index (χ3n) is 1.83. The smallest absolute Gasteiger partial charge is 0.0747 e. The van der Waals surface area contributed by atoms with Gasteiger partial charge >= 0.3 is 0 Å². The molecule has 0 aromatic heterocycles. The highest BCUT2D eigenvalue weighted by atomic mass is 35.5. The molecule has 1 nitrogen and oxygen atoms in total. The van der Waals surface area contributed by atoms with Crippen molar-refractivity contribution in [3.8, 4) is 6.07 Å². The normalized spacial score (nSPS) is 11.7. The van der Waals surface area contributed by atoms with Crippen LogP contribution in [0, 0.1) is 11.3 Å². The van der Waals surface area contributed by atoms with Crippen LogP contribution in [0.25, 0.3) is 0 Å². The minimum atomic E-state index is -0.102. The average Bonchev–Trinajstić information content (AvgIpc) is 2.16. The zero-order valence-electron chi connectivity index (χ0n) is 7.20. The molecule has 1 atom stereocenters. The number of nitriles is 1. The minimum Gasteiger partial charge on any atom is -0.198 e. The van der Waals surface area contributed by atoms with Crippen LogP contribution in [0.15, 0.2) is 36.9 Å². The first-order valence-electron chi connectivity index (χ1n) is 4.04. The van der Waals surface area contributed by atoms with Crippen molar-refractivity contribution in [3.05, 3.63) is 47.5 Å². The Balaban J connectivity index is 2.87. The van der Waals surface area contributed by atoms with Gasteiger partial charge in [-0.15, -0.1) is 6.58 Å². The molecule has 1 aromatic rings. The van der Waals surface area contributed by atoms with Crippen molar-refractivity contribution in [2.45, 2.75) is 12.3 Å².